The first kappa shape index (κ1) is 13.8. The van der Waals surface area contributed by atoms with Crippen LogP contribution in [-0.2, 0) is 0 Å². The zero-order chi connectivity index (χ0) is 13.0. The van der Waals surface area contributed by atoms with Crippen LogP contribution in [0.5, 0.6) is 0 Å². The summed E-state index contributed by atoms with van der Waals surface area (Å²) >= 11 is 3.48. The van der Waals surface area contributed by atoms with Crippen LogP contribution >= 0.6 is 15.9 Å². The average molecular weight is 308 g/mol. The van der Waals surface area contributed by atoms with Crippen LogP contribution in [0.3, 0.4) is 0 Å². The van der Waals surface area contributed by atoms with Crippen LogP contribution in [0.15, 0.2) is 34.3 Å². The summed E-state index contributed by atoms with van der Waals surface area (Å²) in [6.45, 7) is 7.04. The molecule has 2 heteroatoms. The molecule has 1 aromatic carbocycles. The second-order valence-corrected chi connectivity index (χ2v) is 6.25. The number of nitrogens with zero attached hydrogens (tertiary/aromatic N) is 1. The Hall–Kier alpha value is -0.600. The van der Waals surface area contributed by atoms with Gasteiger partial charge >= 0.3 is 0 Å². The fourth-order valence-electron chi connectivity index (χ4n) is 2.49. The van der Waals surface area contributed by atoms with E-state index in [1.54, 1.807) is 5.57 Å². The molecule has 1 nitrogen and oxygen atoms in total. The molecule has 0 unspecified atom stereocenters. The summed E-state index contributed by atoms with van der Waals surface area (Å²) < 4.78 is 1.15. The minimum atomic E-state index is 0.678. The number of hydrogen-bond acceptors (Lipinski definition) is 1. The van der Waals surface area contributed by atoms with Gasteiger partial charge in [-0.2, -0.15) is 0 Å². The molecular formula is C16H22BrN. The lowest BCUT2D eigenvalue weighted by Crippen LogP contribution is -2.31. The highest BCUT2D eigenvalue weighted by Crippen LogP contribution is 2.21. The van der Waals surface area contributed by atoms with Crippen LogP contribution in [0, 0.1) is 0 Å². The van der Waals surface area contributed by atoms with Gasteiger partial charge in [-0.15, -0.1) is 0 Å². The van der Waals surface area contributed by atoms with Crippen LogP contribution in [0.2, 0.25) is 0 Å². The van der Waals surface area contributed by atoms with E-state index in [2.05, 4.69) is 65.0 Å². The first-order valence-electron chi connectivity index (χ1n) is 6.84. The average Bonchev–Trinajstić information content (AvgIpc) is 2.58. The number of benzene rings is 1. The molecule has 0 amide bonds. The predicted octanol–water partition coefficient (Wildman–Crippen LogP) is 4.73. The molecule has 0 bridgehead atoms. The number of halogens is 1. The highest BCUT2D eigenvalue weighted by Gasteiger charge is 2.14. The lowest BCUT2D eigenvalue weighted by molar-refractivity contribution is 0.232. The second-order valence-electron chi connectivity index (χ2n) is 5.34. The Balaban J connectivity index is 2.03. The van der Waals surface area contributed by atoms with Gasteiger partial charge in [0.25, 0.3) is 0 Å². The molecule has 2 rings (SSSR count). The summed E-state index contributed by atoms with van der Waals surface area (Å²) in [6.07, 6.45) is 6.13. The maximum Gasteiger partial charge on any atom is 0.0175 e. The van der Waals surface area contributed by atoms with Crippen molar-refractivity contribution in [2.45, 2.75) is 39.2 Å². The molecule has 1 saturated heterocycles. The van der Waals surface area contributed by atoms with Crippen LogP contribution in [0.1, 0.15) is 38.7 Å². The second kappa shape index (κ2) is 6.53. The van der Waals surface area contributed by atoms with E-state index in [0.29, 0.717) is 6.04 Å². The van der Waals surface area contributed by atoms with Crippen LogP contribution < -0.4 is 0 Å². The quantitative estimate of drug-likeness (QED) is 0.763. The molecule has 1 aromatic rings. The molecule has 0 N–H and O–H groups in total. The first-order chi connectivity index (χ1) is 8.65. The molecular weight excluding hydrogens is 286 g/mol. The maximum absolute atomic E-state index is 3.48. The molecule has 0 aromatic heterocycles. The van der Waals surface area contributed by atoms with Crippen molar-refractivity contribution in [3.8, 4) is 0 Å². The van der Waals surface area contributed by atoms with Gasteiger partial charge in [0, 0.05) is 17.1 Å². The van der Waals surface area contributed by atoms with Gasteiger partial charge in [-0.1, -0.05) is 39.7 Å². The zero-order valence-electron chi connectivity index (χ0n) is 11.3. The standard InChI is InChI=1S/C16H22BrN/c1-13(2)18-10-3-4-14(9-11-18)12-15-5-7-16(17)8-6-15/h5-8,12-13H,3-4,9-11H2,1-2H3. The topological polar surface area (TPSA) is 3.24 Å². The highest BCUT2D eigenvalue weighted by molar-refractivity contribution is 9.10. The summed E-state index contributed by atoms with van der Waals surface area (Å²) in [6, 6.07) is 9.27. The van der Waals surface area contributed by atoms with Crippen LogP contribution in [0.25, 0.3) is 6.08 Å². The molecule has 1 heterocycles. The fourth-order valence-corrected chi connectivity index (χ4v) is 2.75. The van der Waals surface area contributed by atoms with E-state index in [9.17, 15) is 0 Å². The van der Waals surface area contributed by atoms with Crippen molar-refractivity contribution in [1.29, 1.82) is 0 Å². The van der Waals surface area contributed by atoms with E-state index in [0.717, 1.165) is 4.47 Å². The normalized spacial score (nSPS) is 20.3. The largest absolute Gasteiger partial charge is 0.301 e. The summed E-state index contributed by atoms with van der Waals surface area (Å²) in [5.74, 6) is 0. The Morgan fingerprint density at radius 2 is 1.83 bits per heavy atom. The molecule has 1 fully saturated rings. The molecule has 1 aliphatic heterocycles. The maximum atomic E-state index is 3.48. The molecule has 0 spiro atoms. The number of likely N-dealkylation sites (tertiary alicyclic amines) is 1. The molecule has 1 aliphatic rings. The van der Waals surface area contributed by atoms with Gasteiger partial charge in [0.15, 0.2) is 0 Å². The minimum absolute atomic E-state index is 0.678. The van der Waals surface area contributed by atoms with E-state index >= 15 is 0 Å². The smallest absolute Gasteiger partial charge is 0.0175 e. The third kappa shape index (κ3) is 3.96. The van der Waals surface area contributed by atoms with Crippen molar-refractivity contribution in [1.82, 2.24) is 4.90 Å². The third-order valence-corrected chi connectivity index (χ3v) is 4.16. The van der Waals surface area contributed by atoms with Crippen molar-refractivity contribution in [3.63, 3.8) is 0 Å². The monoisotopic (exact) mass is 307 g/mol. The zero-order valence-corrected chi connectivity index (χ0v) is 12.9. The van der Waals surface area contributed by atoms with Crippen molar-refractivity contribution >= 4 is 22.0 Å². The molecule has 18 heavy (non-hydrogen) atoms. The SMILES string of the molecule is CC(C)N1CCCC(=Cc2ccc(Br)cc2)CC1. The van der Waals surface area contributed by atoms with E-state index < -0.39 is 0 Å². The molecule has 0 atom stereocenters. The summed E-state index contributed by atoms with van der Waals surface area (Å²) in [4.78, 5) is 2.59. The van der Waals surface area contributed by atoms with Gasteiger partial charge in [0.1, 0.15) is 0 Å². The summed E-state index contributed by atoms with van der Waals surface area (Å²) in [5.41, 5.74) is 2.92. The first-order valence-corrected chi connectivity index (χ1v) is 7.63. The van der Waals surface area contributed by atoms with Gasteiger partial charge < -0.3 is 4.90 Å². The molecule has 98 valence electrons. The Kier molecular flexibility index (Phi) is 5.02. The predicted molar refractivity (Wildman–Crippen MR) is 82.7 cm³/mol. The van der Waals surface area contributed by atoms with Crippen molar-refractivity contribution < 1.29 is 0 Å². The van der Waals surface area contributed by atoms with Gasteiger partial charge in [0.05, 0.1) is 0 Å². The number of rotatable bonds is 2. The molecule has 0 radical (unpaired) electrons. The summed E-state index contributed by atoms with van der Waals surface area (Å²) in [7, 11) is 0. The van der Waals surface area contributed by atoms with Crippen LogP contribution in [0.4, 0.5) is 0 Å². The molecule has 0 saturated carbocycles. The summed E-state index contributed by atoms with van der Waals surface area (Å²) in [5, 5.41) is 0. The van der Waals surface area contributed by atoms with E-state index in [4.69, 9.17) is 0 Å². The lowest BCUT2D eigenvalue weighted by atomic mass is 10.0. The van der Waals surface area contributed by atoms with E-state index in [1.807, 2.05) is 0 Å². The van der Waals surface area contributed by atoms with Crippen molar-refractivity contribution in [2.75, 3.05) is 13.1 Å². The third-order valence-electron chi connectivity index (χ3n) is 3.63. The number of hydrogen-bond donors (Lipinski definition) is 0. The van der Waals surface area contributed by atoms with Crippen molar-refractivity contribution in [3.05, 3.63) is 39.9 Å². The van der Waals surface area contributed by atoms with Gasteiger partial charge in [0.2, 0.25) is 0 Å². The Labute approximate surface area is 119 Å². The van der Waals surface area contributed by atoms with E-state index in [-0.39, 0.29) is 0 Å². The Bertz CT molecular complexity index is 406. The van der Waals surface area contributed by atoms with E-state index in [1.165, 1.54) is 37.9 Å². The molecule has 0 aliphatic carbocycles. The van der Waals surface area contributed by atoms with Crippen LogP contribution in [-0.4, -0.2) is 24.0 Å². The minimum Gasteiger partial charge on any atom is -0.301 e. The Morgan fingerprint density at radius 1 is 1.11 bits per heavy atom. The van der Waals surface area contributed by atoms with Gasteiger partial charge in [-0.3, -0.25) is 0 Å². The van der Waals surface area contributed by atoms with Crippen molar-refractivity contribution in [2.24, 2.45) is 0 Å². The Morgan fingerprint density at radius 3 is 2.50 bits per heavy atom. The highest BCUT2D eigenvalue weighted by atomic mass is 79.9. The lowest BCUT2D eigenvalue weighted by Gasteiger charge is -2.23. The fraction of sp³-hybridized carbons (Fsp3) is 0.500. The van der Waals surface area contributed by atoms with Gasteiger partial charge in [-0.05, 0) is 57.4 Å². The van der Waals surface area contributed by atoms with Gasteiger partial charge in [-0.25, -0.2) is 0 Å².